The third-order valence-corrected chi connectivity index (χ3v) is 21.0. The fourth-order valence-corrected chi connectivity index (χ4v) is 16.4. The van der Waals surface area contributed by atoms with Crippen LogP contribution >= 0.6 is 0 Å². The van der Waals surface area contributed by atoms with Crippen LogP contribution in [0.25, 0.3) is 0 Å². The number of hydrogen-bond acceptors (Lipinski definition) is 22. The third kappa shape index (κ3) is 8.90. The molecule has 0 aromatic heterocycles. The predicted molar refractivity (Wildman–Crippen MR) is 263 cm³/mol. The average Bonchev–Trinajstić information content (AvgIpc) is 3.51. The van der Waals surface area contributed by atoms with Gasteiger partial charge in [-0.15, -0.1) is 0 Å². The van der Waals surface area contributed by atoms with Crippen molar-refractivity contribution in [2.24, 2.45) is 50.2 Å². The Labute approximate surface area is 447 Å². The number of rotatable bonds is 11. The van der Waals surface area contributed by atoms with Crippen LogP contribution in [-0.2, 0) is 47.5 Å². The van der Waals surface area contributed by atoms with E-state index in [1.165, 1.54) is 6.92 Å². The lowest BCUT2D eigenvalue weighted by Crippen LogP contribution is -2.78. The van der Waals surface area contributed by atoms with Crippen molar-refractivity contribution in [1.82, 2.24) is 0 Å². The summed E-state index contributed by atoms with van der Waals surface area (Å²) < 4.78 is 42.4. The number of allylic oxidation sites excluding steroid dienone is 2. The van der Waals surface area contributed by atoms with Gasteiger partial charge in [-0.2, -0.15) is 0 Å². The summed E-state index contributed by atoms with van der Waals surface area (Å²) in [6.45, 7) is 16.1. The minimum atomic E-state index is -3.14. The van der Waals surface area contributed by atoms with Crippen LogP contribution in [0.3, 0.4) is 0 Å². The molecule has 0 spiro atoms. The molecule has 13 N–H and O–H groups in total. The zero-order chi connectivity index (χ0) is 57.2. The number of hydrogen-bond donors (Lipinski definition) is 13. The van der Waals surface area contributed by atoms with Crippen molar-refractivity contribution >= 4 is 17.9 Å². The van der Waals surface area contributed by atoms with Gasteiger partial charge in [-0.3, -0.25) is 4.79 Å². The van der Waals surface area contributed by atoms with Gasteiger partial charge in [-0.25, -0.2) is 9.59 Å². The number of carbonyl (C=O) groups is 3. The number of fused-ring (bicyclic) bond motifs is 7. The van der Waals surface area contributed by atoms with E-state index in [0.29, 0.717) is 25.7 Å². The zero-order valence-corrected chi connectivity index (χ0v) is 45.5. The molecule has 5 aliphatic carbocycles. The van der Waals surface area contributed by atoms with Crippen molar-refractivity contribution in [2.75, 3.05) is 19.8 Å². The maximum absolute atomic E-state index is 13.7. The van der Waals surface area contributed by atoms with Gasteiger partial charge < -0.3 is 99.5 Å². The number of ether oxygens (including phenoxy) is 7. The van der Waals surface area contributed by atoms with Crippen molar-refractivity contribution in [3.8, 4) is 0 Å². The van der Waals surface area contributed by atoms with Crippen LogP contribution < -0.4 is 0 Å². The van der Waals surface area contributed by atoms with E-state index in [1.54, 1.807) is 19.9 Å². The van der Waals surface area contributed by atoms with Gasteiger partial charge in [0.15, 0.2) is 30.4 Å². The highest BCUT2D eigenvalue weighted by Crippen LogP contribution is 2.76. The standard InChI is InChI=1S/C54H84O23/c1-11-22(2)45(69)76-42-41(72-23(3)57)48(4,5)18-25-24-12-13-29-50(8)16-15-30(49(6,7)28(50)14-17-51(29,9)52(24,10)38(65)39(66)53(25,42)21-56)74-47-43(77-46-35(63)33(61)32(60)27(19-55)73-46)54(70,37(64)36(75-47)44(67)68)40-34(62)31(59)26(58)20-71-40/h11-12,25-43,46-47,55-56,58-66,70H,13-21H2,1-10H3,(H,67,68)/b22-11-/t25-,26+,27+,28-,29+,30-,31-,32+,33-,34+,35+,36-,37+,38-,39+,40+,41-,42-,43-,46-,47+,50-,51+,52-,53-,54+/m0/s1. The summed E-state index contributed by atoms with van der Waals surface area (Å²) in [6, 6.07) is 0. The third-order valence-electron chi connectivity index (χ3n) is 21.0. The Balaban J connectivity index is 1.16. The number of aliphatic hydroxyl groups is 12. The molecule has 26 atom stereocenters. The molecule has 3 aliphatic heterocycles. The summed E-state index contributed by atoms with van der Waals surface area (Å²) in [4.78, 5) is 39.3. The zero-order valence-electron chi connectivity index (χ0n) is 45.5. The first-order valence-electron chi connectivity index (χ1n) is 27.0. The van der Waals surface area contributed by atoms with Crippen molar-refractivity contribution in [2.45, 2.75) is 224 Å². The van der Waals surface area contributed by atoms with Gasteiger partial charge in [0.05, 0.1) is 43.5 Å². The fraction of sp³-hybridized carbons (Fsp3) is 0.870. The Kier molecular flexibility index (Phi) is 16.4. The van der Waals surface area contributed by atoms with Crippen molar-refractivity contribution in [1.29, 1.82) is 0 Å². The maximum atomic E-state index is 13.7. The van der Waals surface area contributed by atoms with Gasteiger partial charge in [0.2, 0.25) is 0 Å². The van der Waals surface area contributed by atoms with E-state index in [9.17, 15) is 80.8 Å². The van der Waals surface area contributed by atoms with Crippen molar-refractivity contribution in [3.63, 3.8) is 0 Å². The molecule has 438 valence electrons. The molecular formula is C54H84O23. The highest BCUT2D eigenvalue weighted by molar-refractivity contribution is 5.88. The summed E-state index contributed by atoms with van der Waals surface area (Å²) >= 11 is 0. The van der Waals surface area contributed by atoms with E-state index in [1.807, 2.05) is 34.6 Å². The highest BCUT2D eigenvalue weighted by Gasteiger charge is 2.77. The minimum Gasteiger partial charge on any atom is -0.479 e. The van der Waals surface area contributed by atoms with Crippen LogP contribution in [-0.4, -0.2) is 220 Å². The molecule has 23 heteroatoms. The average molecular weight is 1100 g/mol. The van der Waals surface area contributed by atoms with E-state index < -0.39 is 192 Å². The van der Waals surface area contributed by atoms with Crippen molar-refractivity contribution < 1.29 is 114 Å². The molecule has 77 heavy (non-hydrogen) atoms. The Morgan fingerprint density at radius 3 is 2.00 bits per heavy atom. The molecule has 23 nitrogen and oxygen atoms in total. The molecule has 0 unspecified atom stereocenters. The van der Waals surface area contributed by atoms with E-state index >= 15 is 0 Å². The molecule has 8 aliphatic rings. The smallest absolute Gasteiger partial charge is 0.335 e. The van der Waals surface area contributed by atoms with Gasteiger partial charge in [0.25, 0.3) is 0 Å². The van der Waals surface area contributed by atoms with Gasteiger partial charge in [0, 0.05) is 23.3 Å². The Morgan fingerprint density at radius 1 is 0.740 bits per heavy atom. The maximum Gasteiger partial charge on any atom is 0.335 e. The number of aliphatic hydroxyl groups excluding tert-OH is 11. The van der Waals surface area contributed by atoms with Crippen LogP contribution in [0.1, 0.15) is 108 Å². The molecule has 0 amide bonds. The lowest BCUT2D eigenvalue weighted by Gasteiger charge is -2.73. The molecule has 3 heterocycles. The van der Waals surface area contributed by atoms with E-state index in [-0.39, 0.29) is 30.3 Å². The predicted octanol–water partition coefficient (Wildman–Crippen LogP) is -1.30. The molecule has 0 aromatic rings. The molecule has 3 saturated heterocycles. The summed E-state index contributed by atoms with van der Waals surface area (Å²) in [5, 5.41) is 148. The number of esters is 2. The number of aliphatic carboxylic acids is 1. The Bertz CT molecular complexity index is 2290. The Hall–Kier alpha value is -2.79. The fourth-order valence-electron chi connectivity index (χ4n) is 16.4. The second-order valence-corrected chi connectivity index (χ2v) is 25.5. The van der Waals surface area contributed by atoms with Crippen LogP contribution in [0.4, 0.5) is 0 Å². The normalized spacial score (nSPS) is 51.4. The van der Waals surface area contributed by atoms with E-state index in [0.717, 1.165) is 5.57 Å². The first-order valence-corrected chi connectivity index (χ1v) is 27.0. The monoisotopic (exact) mass is 1100 g/mol. The lowest BCUT2D eigenvalue weighted by atomic mass is 9.32. The summed E-state index contributed by atoms with van der Waals surface area (Å²) in [7, 11) is 0. The second-order valence-electron chi connectivity index (χ2n) is 25.5. The van der Waals surface area contributed by atoms with Crippen LogP contribution in [0.15, 0.2) is 23.3 Å². The quantitative estimate of drug-likeness (QED) is 0.0495. The SMILES string of the molecule is C/C=C(/C)C(=O)O[C@H]1[C@H](OC(C)=O)C(C)(C)C[C@H]2C3=CC[C@@H]4[C@@]5(C)CC[C@H](O[C@@H]6O[C@H](C(=O)O)[C@@H](O)[C@@](O)([C@@H]7OC[C@@H](O)[C@H](O)[C@H]7O)[C@H]6O[C@@H]6O[C@H](CO)[C@@H](O)[C@H](O)[C@H]6O)C(C)(C)[C@@H]5CC[C@@]4(C)[C@]3(C)[C@@H](O)[C@@H](O)[C@]21CO. The summed E-state index contributed by atoms with van der Waals surface area (Å²) in [5.41, 5.74) is -7.97. The second kappa shape index (κ2) is 20.9. The van der Waals surface area contributed by atoms with E-state index in [2.05, 4.69) is 19.9 Å². The van der Waals surface area contributed by atoms with Gasteiger partial charge in [0.1, 0.15) is 67.1 Å². The number of carboxylic acid groups (broad SMARTS) is 1. The van der Waals surface area contributed by atoms with Gasteiger partial charge in [-0.1, -0.05) is 66.2 Å². The summed E-state index contributed by atoms with van der Waals surface area (Å²) in [5.74, 6) is -4.24. The first kappa shape index (κ1) is 60.3. The number of carboxylic acids is 1. The van der Waals surface area contributed by atoms with Crippen molar-refractivity contribution in [3.05, 3.63) is 23.3 Å². The molecule has 0 radical (unpaired) electrons. The van der Waals surface area contributed by atoms with Gasteiger partial charge >= 0.3 is 17.9 Å². The molecule has 7 fully saturated rings. The summed E-state index contributed by atoms with van der Waals surface area (Å²) in [6.07, 6.45) is -27.2. The van der Waals surface area contributed by atoms with Crippen LogP contribution in [0.2, 0.25) is 0 Å². The van der Waals surface area contributed by atoms with Crippen LogP contribution in [0, 0.1) is 50.2 Å². The molecule has 4 saturated carbocycles. The van der Waals surface area contributed by atoms with Crippen LogP contribution in [0.5, 0.6) is 0 Å². The molecule has 0 bridgehead atoms. The largest absolute Gasteiger partial charge is 0.479 e. The lowest BCUT2D eigenvalue weighted by molar-refractivity contribution is -0.410. The topological polar surface area (TPSA) is 379 Å². The molecule has 8 rings (SSSR count). The highest BCUT2D eigenvalue weighted by atomic mass is 16.8. The molecular weight excluding hydrogens is 1020 g/mol. The number of carbonyl (C=O) groups excluding carboxylic acids is 2. The Morgan fingerprint density at radius 2 is 1.40 bits per heavy atom. The first-order chi connectivity index (χ1) is 35.7. The van der Waals surface area contributed by atoms with E-state index in [4.69, 9.17) is 33.2 Å². The van der Waals surface area contributed by atoms with Gasteiger partial charge in [-0.05, 0) is 86.4 Å². The molecule has 0 aromatic carbocycles. The minimum absolute atomic E-state index is 0.181.